The molecule has 36 heavy (non-hydrogen) atoms. The molecule has 1 heterocycles. The van der Waals surface area contributed by atoms with Crippen LogP contribution in [0.4, 0.5) is 18.9 Å². The molecule has 5 rings (SSSR count). The Morgan fingerprint density at radius 1 is 1.11 bits per heavy atom. The molecule has 0 saturated heterocycles. The number of amides is 2. The van der Waals surface area contributed by atoms with E-state index >= 15 is 0 Å². The van der Waals surface area contributed by atoms with Gasteiger partial charge in [0.05, 0.1) is 5.69 Å². The Hall–Kier alpha value is -2.51. The number of rotatable bonds is 4. The molecule has 196 valence electrons. The average molecular weight is 505 g/mol. The number of likely N-dealkylation sites (N-methyl/N-ethyl adjacent to an activating group) is 1. The van der Waals surface area contributed by atoms with Crippen LogP contribution in [-0.2, 0) is 9.59 Å². The Bertz CT molecular complexity index is 1090. The van der Waals surface area contributed by atoms with Crippen LogP contribution in [0.5, 0.6) is 5.75 Å². The SMILES string of the molecule is CCN1C(=O)C(C(=O)Nc2ccccc2OC(F)(F)F)=C[C@@]2(C)C1CC[C@@H]1[C@H]2CC[C@]2(C)CCC[C@@H]12. The number of alkyl halides is 3. The van der Waals surface area contributed by atoms with Gasteiger partial charge in [-0.15, -0.1) is 13.2 Å². The number of benzene rings is 1. The molecule has 1 aromatic carbocycles. The summed E-state index contributed by atoms with van der Waals surface area (Å²) in [5.41, 5.74) is -0.0702. The van der Waals surface area contributed by atoms with Crippen LogP contribution >= 0.6 is 0 Å². The third kappa shape index (κ3) is 4.10. The number of hydrogen-bond donors (Lipinski definition) is 1. The van der Waals surface area contributed by atoms with E-state index in [-0.39, 0.29) is 28.6 Å². The summed E-state index contributed by atoms with van der Waals surface area (Å²) in [5, 5.41) is 2.53. The topological polar surface area (TPSA) is 58.6 Å². The molecule has 1 aliphatic heterocycles. The number of fused-ring (bicyclic) bond motifs is 5. The maximum atomic E-state index is 13.5. The third-order valence-corrected chi connectivity index (χ3v) is 9.78. The van der Waals surface area contributed by atoms with E-state index in [2.05, 4.69) is 23.9 Å². The molecule has 2 amide bonds. The zero-order valence-corrected chi connectivity index (χ0v) is 21.2. The summed E-state index contributed by atoms with van der Waals surface area (Å²) in [6.07, 6.45) is 5.03. The number of para-hydroxylation sites is 2. The summed E-state index contributed by atoms with van der Waals surface area (Å²) in [5.74, 6) is 0.0636. The fourth-order valence-electron chi connectivity index (χ4n) is 8.23. The van der Waals surface area contributed by atoms with Crippen molar-refractivity contribution in [3.63, 3.8) is 0 Å². The van der Waals surface area contributed by atoms with Gasteiger partial charge >= 0.3 is 6.36 Å². The van der Waals surface area contributed by atoms with Crippen LogP contribution in [-0.4, -0.2) is 35.7 Å². The summed E-state index contributed by atoms with van der Waals surface area (Å²) in [6, 6.07) is 5.42. The van der Waals surface area contributed by atoms with Gasteiger partial charge in [-0.3, -0.25) is 9.59 Å². The predicted octanol–water partition coefficient (Wildman–Crippen LogP) is 6.31. The van der Waals surface area contributed by atoms with Crippen molar-refractivity contribution < 1.29 is 27.5 Å². The molecule has 0 spiro atoms. The molecule has 0 radical (unpaired) electrons. The molecule has 3 aliphatic carbocycles. The average Bonchev–Trinajstić information content (AvgIpc) is 3.21. The van der Waals surface area contributed by atoms with Crippen LogP contribution in [0.3, 0.4) is 0 Å². The second-order valence-corrected chi connectivity index (χ2v) is 11.6. The minimum Gasteiger partial charge on any atom is -0.404 e. The van der Waals surface area contributed by atoms with Crippen LogP contribution in [0.2, 0.25) is 0 Å². The zero-order valence-electron chi connectivity index (χ0n) is 21.2. The van der Waals surface area contributed by atoms with Crippen LogP contribution in [0.1, 0.15) is 65.7 Å². The van der Waals surface area contributed by atoms with Gasteiger partial charge in [-0.1, -0.05) is 38.5 Å². The number of hydrogen-bond acceptors (Lipinski definition) is 3. The molecule has 8 heteroatoms. The highest BCUT2D eigenvalue weighted by Crippen LogP contribution is 2.64. The lowest BCUT2D eigenvalue weighted by Crippen LogP contribution is -2.61. The van der Waals surface area contributed by atoms with Gasteiger partial charge in [-0.2, -0.15) is 0 Å². The van der Waals surface area contributed by atoms with Crippen molar-refractivity contribution in [1.29, 1.82) is 0 Å². The van der Waals surface area contributed by atoms with E-state index < -0.39 is 18.0 Å². The van der Waals surface area contributed by atoms with Crippen molar-refractivity contribution in [2.75, 3.05) is 11.9 Å². The molecule has 1 aromatic rings. The highest BCUT2D eigenvalue weighted by Gasteiger charge is 2.59. The lowest BCUT2D eigenvalue weighted by atomic mass is 9.48. The Labute approximate surface area is 210 Å². The predicted molar refractivity (Wildman–Crippen MR) is 130 cm³/mol. The number of ether oxygens (including phenoxy) is 1. The Morgan fingerprint density at radius 2 is 1.86 bits per heavy atom. The quantitative estimate of drug-likeness (QED) is 0.489. The largest absolute Gasteiger partial charge is 0.573 e. The Balaban J connectivity index is 1.48. The van der Waals surface area contributed by atoms with Crippen LogP contribution in [0.15, 0.2) is 35.9 Å². The standard InChI is InChI=1S/C28H35F3N2O3/c1-4-33-23-12-11-17-19-8-7-14-26(19,2)15-13-20(17)27(23,3)16-18(25(33)35)24(34)32-21-9-5-6-10-22(21)36-28(29,30)31/h5-6,9-10,16-17,19-20,23H,4,7-8,11-15H2,1-3H3,(H,32,34)/t17-,19-,20+,23?,26-,27+/m0/s1. The molecule has 0 bridgehead atoms. The van der Waals surface area contributed by atoms with Gasteiger partial charge in [0.1, 0.15) is 5.57 Å². The highest BCUT2D eigenvalue weighted by atomic mass is 19.4. The monoisotopic (exact) mass is 504 g/mol. The van der Waals surface area contributed by atoms with Crippen molar-refractivity contribution in [3.05, 3.63) is 35.9 Å². The maximum Gasteiger partial charge on any atom is 0.573 e. The summed E-state index contributed by atoms with van der Waals surface area (Å²) in [4.78, 5) is 28.7. The fraction of sp³-hybridized carbons (Fsp3) is 0.643. The van der Waals surface area contributed by atoms with Crippen molar-refractivity contribution in [1.82, 2.24) is 4.90 Å². The Kier molecular flexibility index (Phi) is 6.15. The van der Waals surface area contributed by atoms with Crippen LogP contribution in [0, 0.1) is 28.6 Å². The Morgan fingerprint density at radius 3 is 2.58 bits per heavy atom. The first-order valence-electron chi connectivity index (χ1n) is 13.2. The molecule has 6 atom stereocenters. The first kappa shape index (κ1) is 25.2. The molecule has 1 unspecified atom stereocenters. The lowest BCUT2D eigenvalue weighted by Gasteiger charge is -2.60. The lowest BCUT2D eigenvalue weighted by molar-refractivity contribution is -0.274. The number of carbonyl (C=O) groups excluding carboxylic acids is 2. The maximum absolute atomic E-state index is 13.5. The molecule has 3 fully saturated rings. The van der Waals surface area contributed by atoms with E-state index in [1.165, 1.54) is 43.9 Å². The normalized spacial score (nSPS) is 35.9. The second-order valence-electron chi connectivity index (χ2n) is 11.6. The second kappa shape index (κ2) is 8.80. The van der Waals surface area contributed by atoms with Crippen LogP contribution < -0.4 is 10.1 Å². The summed E-state index contributed by atoms with van der Waals surface area (Å²) in [6.45, 7) is 7.03. The number of carbonyl (C=O) groups is 2. The number of anilines is 1. The van der Waals surface area contributed by atoms with Crippen molar-refractivity contribution >= 4 is 17.5 Å². The summed E-state index contributed by atoms with van der Waals surface area (Å²) in [7, 11) is 0. The smallest absolute Gasteiger partial charge is 0.404 e. The number of halogens is 3. The molecule has 4 aliphatic rings. The van der Waals surface area contributed by atoms with E-state index in [1.807, 2.05) is 17.9 Å². The third-order valence-electron chi connectivity index (χ3n) is 9.78. The van der Waals surface area contributed by atoms with Gasteiger partial charge in [-0.05, 0) is 80.8 Å². The number of nitrogens with zero attached hydrogens (tertiary/aromatic N) is 1. The fourth-order valence-corrected chi connectivity index (χ4v) is 8.23. The van der Waals surface area contributed by atoms with E-state index in [1.54, 1.807) is 0 Å². The molecule has 5 nitrogen and oxygen atoms in total. The molecule has 0 aromatic heterocycles. The first-order chi connectivity index (χ1) is 17.0. The van der Waals surface area contributed by atoms with E-state index in [0.717, 1.165) is 25.3 Å². The van der Waals surface area contributed by atoms with E-state index in [4.69, 9.17) is 0 Å². The van der Waals surface area contributed by atoms with E-state index in [9.17, 15) is 22.8 Å². The highest BCUT2D eigenvalue weighted by molar-refractivity contribution is 6.23. The zero-order chi connectivity index (χ0) is 25.9. The summed E-state index contributed by atoms with van der Waals surface area (Å²) < 4.78 is 42.7. The summed E-state index contributed by atoms with van der Waals surface area (Å²) >= 11 is 0. The van der Waals surface area contributed by atoms with Crippen LogP contribution in [0.25, 0.3) is 0 Å². The van der Waals surface area contributed by atoms with Crippen molar-refractivity contribution in [2.45, 2.75) is 78.1 Å². The van der Waals surface area contributed by atoms with E-state index in [0.29, 0.717) is 29.7 Å². The number of nitrogens with one attached hydrogen (secondary N) is 1. The van der Waals surface area contributed by atoms with Gasteiger partial charge in [0, 0.05) is 18.0 Å². The van der Waals surface area contributed by atoms with Gasteiger partial charge in [0.2, 0.25) is 0 Å². The van der Waals surface area contributed by atoms with Gasteiger partial charge in [0.25, 0.3) is 11.8 Å². The molecule has 3 saturated carbocycles. The van der Waals surface area contributed by atoms with Gasteiger partial charge in [0.15, 0.2) is 5.75 Å². The molecule has 1 N–H and O–H groups in total. The molecular formula is C28H35F3N2O3. The van der Waals surface area contributed by atoms with Crippen molar-refractivity contribution in [3.8, 4) is 5.75 Å². The first-order valence-corrected chi connectivity index (χ1v) is 13.2. The minimum atomic E-state index is -4.90. The van der Waals surface area contributed by atoms with Gasteiger partial charge in [-0.25, -0.2) is 0 Å². The minimum absolute atomic E-state index is 0.0119. The molecular weight excluding hydrogens is 469 g/mol. The van der Waals surface area contributed by atoms with Gasteiger partial charge < -0.3 is 15.0 Å². The van der Waals surface area contributed by atoms with Crippen molar-refractivity contribution in [2.24, 2.45) is 28.6 Å².